The average molecular weight is 424 g/mol. The molecule has 27 heavy (non-hydrogen) atoms. The maximum absolute atomic E-state index is 5.29. The molecule has 4 rings (SSSR count). The lowest BCUT2D eigenvalue weighted by Crippen LogP contribution is -1.98. The molecule has 0 amide bonds. The van der Waals surface area contributed by atoms with E-state index in [0.717, 1.165) is 49.8 Å². The Morgan fingerprint density at radius 2 is 1.96 bits per heavy atom. The molecule has 3 aromatic heterocycles. The number of benzene rings is 1. The molecule has 136 valence electrons. The number of pyridine rings is 1. The van der Waals surface area contributed by atoms with Crippen molar-refractivity contribution < 1.29 is 4.52 Å². The lowest BCUT2D eigenvalue weighted by Gasteiger charge is -2.13. The number of hydrogen-bond acceptors (Lipinski definition) is 5. The Hall–Kier alpha value is -2.93. The largest absolute Gasteiger partial charge is 0.361 e. The number of rotatable bonds is 4. The highest BCUT2D eigenvalue weighted by Crippen LogP contribution is 2.32. The monoisotopic (exact) mass is 423 g/mol. The zero-order valence-electron chi connectivity index (χ0n) is 15.2. The molecule has 0 fully saturated rings. The van der Waals surface area contributed by atoms with Gasteiger partial charge in [-0.1, -0.05) is 5.16 Å². The number of hydrogen-bond donors (Lipinski definition) is 1. The lowest BCUT2D eigenvalue weighted by atomic mass is 10.1. The van der Waals surface area contributed by atoms with Crippen molar-refractivity contribution in [3.63, 3.8) is 0 Å². The maximum atomic E-state index is 5.29. The van der Waals surface area contributed by atoms with E-state index in [1.165, 1.54) is 0 Å². The van der Waals surface area contributed by atoms with Crippen LogP contribution in [0.4, 0.5) is 11.4 Å². The SMILES string of the molecule is Cc1ncc(-c2c(C)noc2C)cc1Nc1ccc(-n2ccnc2)c(Br)c1. The highest BCUT2D eigenvalue weighted by molar-refractivity contribution is 9.10. The molecule has 0 aliphatic rings. The third-order valence-corrected chi connectivity index (χ3v) is 5.05. The minimum atomic E-state index is 0.788. The minimum absolute atomic E-state index is 0.788. The van der Waals surface area contributed by atoms with Crippen LogP contribution in [0.25, 0.3) is 16.8 Å². The van der Waals surface area contributed by atoms with Crippen molar-refractivity contribution in [1.82, 2.24) is 19.7 Å². The normalized spacial score (nSPS) is 11.0. The van der Waals surface area contributed by atoms with E-state index in [1.807, 2.05) is 55.9 Å². The molecule has 1 N–H and O–H groups in total. The molecular formula is C20H18BrN5O. The van der Waals surface area contributed by atoms with Crippen molar-refractivity contribution in [2.45, 2.75) is 20.8 Å². The van der Waals surface area contributed by atoms with Crippen molar-refractivity contribution in [2.24, 2.45) is 0 Å². The van der Waals surface area contributed by atoms with Crippen molar-refractivity contribution in [2.75, 3.05) is 5.32 Å². The molecule has 7 heteroatoms. The topological polar surface area (TPSA) is 68.8 Å². The fraction of sp³-hybridized carbons (Fsp3) is 0.150. The number of halogens is 1. The van der Waals surface area contributed by atoms with Gasteiger partial charge in [-0.3, -0.25) is 4.98 Å². The molecule has 0 bridgehead atoms. The van der Waals surface area contributed by atoms with Gasteiger partial charge in [-0.05, 0) is 61.0 Å². The van der Waals surface area contributed by atoms with Crippen molar-refractivity contribution in [3.8, 4) is 16.8 Å². The Bertz CT molecular complexity index is 1080. The minimum Gasteiger partial charge on any atom is -0.361 e. The van der Waals surface area contributed by atoms with E-state index in [9.17, 15) is 0 Å². The molecule has 0 atom stereocenters. The Balaban J connectivity index is 1.67. The van der Waals surface area contributed by atoms with E-state index in [1.54, 1.807) is 12.5 Å². The molecule has 0 saturated carbocycles. The molecule has 0 aliphatic heterocycles. The van der Waals surface area contributed by atoms with Crippen LogP contribution in [0.1, 0.15) is 17.1 Å². The molecule has 6 nitrogen and oxygen atoms in total. The first-order valence-corrected chi connectivity index (χ1v) is 9.27. The second-order valence-electron chi connectivity index (χ2n) is 6.32. The summed E-state index contributed by atoms with van der Waals surface area (Å²) in [5.74, 6) is 0.788. The highest BCUT2D eigenvalue weighted by Gasteiger charge is 2.14. The van der Waals surface area contributed by atoms with Gasteiger partial charge in [-0.2, -0.15) is 0 Å². The second-order valence-corrected chi connectivity index (χ2v) is 7.17. The fourth-order valence-corrected chi connectivity index (χ4v) is 3.63. The van der Waals surface area contributed by atoms with Crippen molar-refractivity contribution >= 4 is 27.3 Å². The molecule has 0 radical (unpaired) electrons. The second kappa shape index (κ2) is 7.00. The van der Waals surface area contributed by atoms with E-state index in [2.05, 4.69) is 42.4 Å². The van der Waals surface area contributed by atoms with Crippen LogP contribution in [-0.2, 0) is 0 Å². The number of aryl methyl sites for hydroxylation is 3. The zero-order valence-corrected chi connectivity index (χ0v) is 16.8. The van der Waals surface area contributed by atoms with Gasteiger partial charge in [0.1, 0.15) is 5.76 Å². The first kappa shape index (κ1) is 17.5. The molecule has 0 aliphatic carbocycles. The Morgan fingerprint density at radius 3 is 2.63 bits per heavy atom. The number of aromatic nitrogens is 4. The molecular weight excluding hydrogens is 406 g/mol. The van der Waals surface area contributed by atoms with Gasteiger partial charge >= 0.3 is 0 Å². The highest BCUT2D eigenvalue weighted by atomic mass is 79.9. The number of nitrogens with one attached hydrogen (secondary N) is 1. The average Bonchev–Trinajstić information content (AvgIpc) is 3.28. The quantitative estimate of drug-likeness (QED) is 0.478. The maximum Gasteiger partial charge on any atom is 0.141 e. The summed E-state index contributed by atoms with van der Waals surface area (Å²) in [5, 5.41) is 7.50. The van der Waals surface area contributed by atoms with Gasteiger partial charge in [0.15, 0.2) is 0 Å². The van der Waals surface area contributed by atoms with Gasteiger partial charge in [0.2, 0.25) is 0 Å². The van der Waals surface area contributed by atoms with E-state index in [0.29, 0.717) is 0 Å². The van der Waals surface area contributed by atoms with Crippen molar-refractivity contribution in [3.05, 3.63) is 70.8 Å². The van der Waals surface area contributed by atoms with Crippen LogP contribution in [0.5, 0.6) is 0 Å². The fourth-order valence-electron chi connectivity index (χ4n) is 3.04. The smallest absolute Gasteiger partial charge is 0.141 e. The zero-order chi connectivity index (χ0) is 19.0. The van der Waals surface area contributed by atoms with Gasteiger partial charge in [0.05, 0.1) is 29.1 Å². The third kappa shape index (κ3) is 3.38. The molecule has 0 spiro atoms. The van der Waals surface area contributed by atoms with E-state index in [-0.39, 0.29) is 0 Å². The van der Waals surface area contributed by atoms with Crippen LogP contribution in [0, 0.1) is 20.8 Å². The molecule has 3 heterocycles. The first-order valence-electron chi connectivity index (χ1n) is 8.47. The van der Waals surface area contributed by atoms with Gasteiger partial charge < -0.3 is 14.4 Å². The van der Waals surface area contributed by atoms with Gasteiger partial charge in [-0.25, -0.2) is 4.98 Å². The molecule has 1 aromatic carbocycles. The van der Waals surface area contributed by atoms with Crippen LogP contribution in [0.2, 0.25) is 0 Å². The first-order chi connectivity index (χ1) is 13.0. The summed E-state index contributed by atoms with van der Waals surface area (Å²) in [7, 11) is 0. The Kier molecular flexibility index (Phi) is 4.53. The summed E-state index contributed by atoms with van der Waals surface area (Å²) in [6.45, 7) is 5.83. The summed E-state index contributed by atoms with van der Waals surface area (Å²) in [6, 6.07) is 8.18. The van der Waals surface area contributed by atoms with Crippen LogP contribution >= 0.6 is 15.9 Å². The molecule has 0 unspecified atom stereocenters. The van der Waals surface area contributed by atoms with Gasteiger partial charge in [-0.15, -0.1) is 0 Å². The van der Waals surface area contributed by atoms with Crippen molar-refractivity contribution in [1.29, 1.82) is 0 Å². The van der Waals surface area contributed by atoms with Crippen LogP contribution in [0.3, 0.4) is 0 Å². The number of nitrogens with zero attached hydrogens (tertiary/aromatic N) is 4. The van der Waals surface area contributed by atoms with E-state index >= 15 is 0 Å². The molecule has 4 aromatic rings. The van der Waals surface area contributed by atoms with Gasteiger partial charge in [0, 0.05) is 39.9 Å². The lowest BCUT2D eigenvalue weighted by molar-refractivity contribution is 0.393. The summed E-state index contributed by atoms with van der Waals surface area (Å²) in [5.41, 5.74) is 6.67. The summed E-state index contributed by atoms with van der Waals surface area (Å²) in [6.07, 6.45) is 7.29. The summed E-state index contributed by atoms with van der Waals surface area (Å²) >= 11 is 3.64. The van der Waals surface area contributed by atoms with E-state index in [4.69, 9.17) is 4.52 Å². The summed E-state index contributed by atoms with van der Waals surface area (Å²) < 4.78 is 8.22. The Labute approximate surface area is 165 Å². The van der Waals surface area contributed by atoms with E-state index < -0.39 is 0 Å². The number of anilines is 2. The van der Waals surface area contributed by atoms with Crippen LogP contribution < -0.4 is 5.32 Å². The van der Waals surface area contributed by atoms with Gasteiger partial charge in [0.25, 0.3) is 0 Å². The van der Waals surface area contributed by atoms with Crippen LogP contribution in [0.15, 0.2) is 58.2 Å². The predicted octanol–water partition coefficient (Wildman–Crippen LogP) is 5.35. The predicted molar refractivity (Wildman–Crippen MR) is 108 cm³/mol. The summed E-state index contributed by atoms with van der Waals surface area (Å²) in [4.78, 5) is 8.63. The Morgan fingerprint density at radius 1 is 1.11 bits per heavy atom. The molecule has 0 saturated heterocycles. The standard InChI is InChI=1S/C20H18BrN5O/c1-12-18(8-15(10-23-12)20-13(2)25-27-14(20)3)24-16-4-5-19(17(21)9-16)26-7-6-22-11-26/h4-11,24H,1-3H3. The third-order valence-electron chi connectivity index (χ3n) is 4.42. The van der Waals surface area contributed by atoms with Crippen LogP contribution in [-0.4, -0.2) is 19.7 Å². The number of imidazole rings is 1.